The first kappa shape index (κ1) is 9.34. The molecule has 0 saturated carbocycles. The lowest BCUT2D eigenvalue weighted by Crippen LogP contribution is -1.91. The number of epoxide rings is 1. The molecule has 0 amide bonds. The normalized spacial score (nSPS) is 24.5. The molecule has 1 heterocycles. The van der Waals surface area contributed by atoms with Gasteiger partial charge in [0, 0.05) is 5.57 Å². The van der Waals surface area contributed by atoms with Crippen molar-refractivity contribution >= 4 is 0 Å². The highest BCUT2D eigenvalue weighted by Crippen LogP contribution is 2.43. The fraction of sp³-hybridized carbons (Fsp3) is 0.273. The lowest BCUT2D eigenvalue weighted by atomic mass is 10.1. The van der Waals surface area contributed by atoms with Crippen LogP contribution in [0.1, 0.15) is 18.6 Å². The van der Waals surface area contributed by atoms with Gasteiger partial charge in [0.15, 0.2) is 0 Å². The second kappa shape index (κ2) is 3.50. The summed E-state index contributed by atoms with van der Waals surface area (Å²) in [6.45, 7) is 1.41. The van der Waals surface area contributed by atoms with E-state index in [1.54, 1.807) is 0 Å². The Morgan fingerprint density at radius 3 is 2.43 bits per heavy atom. The molecule has 0 spiro atoms. The van der Waals surface area contributed by atoms with Crippen LogP contribution in [0.2, 0.25) is 0 Å². The topological polar surface area (TPSA) is 12.5 Å². The summed E-state index contributed by atoms with van der Waals surface area (Å²) in [4.78, 5) is 0. The molecular weight excluding hydrogens is 186 g/mol. The van der Waals surface area contributed by atoms with Crippen LogP contribution in [-0.4, -0.2) is 6.10 Å². The molecule has 1 saturated heterocycles. The van der Waals surface area contributed by atoms with E-state index in [1.165, 1.54) is 6.92 Å². The van der Waals surface area contributed by atoms with Crippen molar-refractivity contribution in [3.63, 3.8) is 0 Å². The lowest BCUT2D eigenvalue weighted by molar-refractivity contribution is 0.367. The van der Waals surface area contributed by atoms with Crippen molar-refractivity contribution in [1.29, 1.82) is 0 Å². The Kier molecular flexibility index (Phi) is 2.33. The van der Waals surface area contributed by atoms with E-state index in [4.69, 9.17) is 4.74 Å². The zero-order valence-corrected chi connectivity index (χ0v) is 7.71. The van der Waals surface area contributed by atoms with E-state index in [0.717, 1.165) is 5.56 Å². The maximum Gasteiger partial charge on any atom is 0.271 e. The molecule has 1 aromatic rings. The van der Waals surface area contributed by atoms with Gasteiger partial charge in [-0.2, -0.15) is 8.78 Å². The van der Waals surface area contributed by atoms with Crippen LogP contribution < -0.4 is 0 Å². The molecule has 1 fully saturated rings. The summed E-state index contributed by atoms with van der Waals surface area (Å²) < 4.78 is 29.6. The van der Waals surface area contributed by atoms with Gasteiger partial charge in [-0.1, -0.05) is 30.3 Å². The van der Waals surface area contributed by atoms with Crippen LogP contribution >= 0.6 is 0 Å². The summed E-state index contributed by atoms with van der Waals surface area (Å²) in [5.41, 5.74) is 0.997. The van der Waals surface area contributed by atoms with Crippen molar-refractivity contribution in [1.82, 2.24) is 0 Å². The van der Waals surface area contributed by atoms with Crippen LogP contribution in [0.25, 0.3) is 0 Å². The maximum atomic E-state index is 12.2. The molecule has 0 aliphatic carbocycles. The molecule has 3 heteroatoms. The zero-order chi connectivity index (χ0) is 10.1. The molecule has 1 aliphatic rings. The minimum atomic E-state index is -1.63. The smallest absolute Gasteiger partial charge is 0.271 e. The Balaban J connectivity index is 2.11. The highest BCUT2D eigenvalue weighted by atomic mass is 19.3. The van der Waals surface area contributed by atoms with Gasteiger partial charge in [-0.3, -0.25) is 0 Å². The number of halogens is 2. The SMILES string of the molecule is CC(=C(F)F)[C@H]1O[C@H]1c1ccccc1. The zero-order valence-electron chi connectivity index (χ0n) is 7.71. The second-order valence-corrected chi connectivity index (χ2v) is 3.33. The Morgan fingerprint density at radius 1 is 1.21 bits per heavy atom. The highest BCUT2D eigenvalue weighted by Gasteiger charge is 2.42. The van der Waals surface area contributed by atoms with Crippen molar-refractivity contribution in [2.75, 3.05) is 0 Å². The van der Waals surface area contributed by atoms with Gasteiger partial charge in [0.2, 0.25) is 0 Å². The summed E-state index contributed by atoms with van der Waals surface area (Å²) in [7, 11) is 0. The standard InChI is InChI=1S/C11H10F2O/c1-7(11(12)13)9-10(14-9)8-5-3-2-4-6-8/h2-6,9-10H,1H3/t9-,10+/m1/s1. The van der Waals surface area contributed by atoms with E-state index in [0.29, 0.717) is 0 Å². The van der Waals surface area contributed by atoms with Crippen LogP contribution in [0, 0.1) is 0 Å². The van der Waals surface area contributed by atoms with Crippen molar-refractivity contribution in [2.45, 2.75) is 19.1 Å². The first-order valence-corrected chi connectivity index (χ1v) is 4.42. The average molecular weight is 196 g/mol. The van der Waals surface area contributed by atoms with E-state index in [-0.39, 0.29) is 11.7 Å². The van der Waals surface area contributed by atoms with E-state index in [1.807, 2.05) is 30.3 Å². The van der Waals surface area contributed by atoms with Gasteiger partial charge in [0.25, 0.3) is 6.08 Å². The van der Waals surface area contributed by atoms with E-state index in [9.17, 15) is 8.78 Å². The number of benzene rings is 1. The number of rotatable bonds is 2. The highest BCUT2D eigenvalue weighted by molar-refractivity contribution is 5.28. The van der Waals surface area contributed by atoms with Crippen LogP contribution in [0.3, 0.4) is 0 Å². The average Bonchev–Trinajstić information content (AvgIpc) is 2.97. The molecule has 1 aliphatic heterocycles. The lowest BCUT2D eigenvalue weighted by Gasteiger charge is -1.94. The van der Waals surface area contributed by atoms with Crippen molar-refractivity contribution in [3.8, 4) is 0 Å². The van der Waals surface area contributed by atoms with Crippen LogP contribution in [-0.2, 0) is 4.74 Å². The summed E-state index contributed by atoms with van der Waals surface area (Å²) >= 11 is 0. The van der Waals surface area contributed by atoms with Gasteiger partial charge in [-0.05, 0) is 12.5 Å². The number of hydrogen-bond donors (Lipinski definition) is 0. The molecule has 0 aromatic heterocycles. The van der Waals surface area contributed by atoms with E-state index < -0.39 is 12.2 Å². The van der Waals surface area contributed by atoms with E-state index >= 15 is 0 Å². The van der Waals surface area contributed by atoms with Crippen LogP contribution in [0.4, 0.5) is 8.78 Å². The molecule has 1 aromatic carbocycles. The fourth-order valence-corrected chi connectivity index (χ4v) is 1.45. The molecule has 0 unspecified atom stereocenters. The van der Waals surface area contributed by atoms with Gasteiger partial charge < -0.3 is 4.74 Å². The monoisotopic (exact) mass is 196 g/mol. The molecular formula is C11H10F2O. The fourth-order valence-electron chi connectivity index (χ4n) is 1.45. The summed E-state index contributed by atoms with van der Waals surface area (Å²) in [6, 6.07) is 9.40. The molecule has 2 atom stereocenters. The second-order valence-electron chi connectivity index (χ2n) is 3.33. The number of hydrogen-bond acceptors (Lipinski definition) is 1. The molecule has 74 valence electrons. The van der Waals surface area contributed by atoms with Crippen molar-refractivity contribution < 1.29 is 13.5 Å². The van der Waals surface area contributed by atoms with Crippen molar-refractivity contribution in [3.05, 3.63) is 47.5 Å². The minimum Gasteiger partial charge on any atom is -0.360 e. The minimum absolute atomic E-state index is 0.0406. The van der Waals surface area contributed by atoms with Gasteiger partial charge in [-0.15, -0.1) is 0 Å². The molecule has 0 radical (unpaired) electrons. The summed E-state index contributed by atoms with van der Waals surface area (Å²) in [5.74, 6) is 0. The Morgan fingerprint density at radius 2 is 1.86 bits per heavy atom. The van der Waals surface area contributed by atoms with Gasteiger partial charge in [-0.25, -0.2) is 0 Å². The third-order valence-electron chi connectivity index (χ3n) is 2.34. The first-order chi connectivity index (χ1) is 6.70. The Bertz CT molecular complexity index is 355. The van der Waals surface area contributed by atoms with Crippen LogP contribution in [0.5, 0.6) is 0 Å². The van der Waals surface area contributed by atoms with Gasteiger partial charge in [0.1, 0.15) is 12.2 Å². The molecule has 1 nitrogen and oxygen atoms in total. The molecule has 0 N–H and O–H groups in total. The predicted molar refractivity (Wildman–Crippen MR) is 49.0 cm³/mol. The largest absolute Gasteiger partial charge is 0.360 e. The Labute approximate surface area is 81.0 Å². The summed E-state index contributed by atoms with van der Waals surface area (Å²) in [6.07, 6.45) is -2.24. The maximum absolute atomic E-state index is 12.2. The van der Waals surface area contributed by atoms with Crippen LogP contribution in [0.15, 0.2) is 42.0 Å². The first-order valence-electron chi connectivity index (χ1n) is 4.42. The van der Waals surface area contributed by atoms with Crippen molar-refractivity contribution in [2.24, 2.45) is 0 Å². The Hall–Kier alpha value is -1.22. The van der Waals surface area contributed by atoms with Gasteiger partial charge in [0.05, 0.1) is 0 Å². The third-order valence-corrected chi connectivity index (χ3v) is 2.34. The number of ether oxygens (including phenoxy) is 1. The molecule has 14 heavy (non-hydrogen) atoms. The molecule has 2 rings (SSSR count). The third kappa shape index (κ3) is 1.68. The summed E-state index contributed by atoms with van der Waals surface area (Å²) in [5, 5.41) is 0. The molecule has 0 bridgehead atoms. The predicted octanol–water partition coefficient (Wildman–Crippen LogP) is 3.30. The van der Waals surface area contributed by atoms with E-state index in [2.05, 4.69) is 0 Å². The van der Waals surface area contributed by atoms with Gasteiger partial charge >= 0.3 is 0 Å². The quantitative estimate of drug-likeness (QED) is 0.661.